The van der Waals surface area contributed by atoms with Crippen LogP contribution in [-0.4, -0.2) is 44.3 Å². The van der Waals surface area contributed by atoms with Crippen LogP contribution in [0.25, 0.3) is 11.0 Å². The second-order valence-electron chi connectivity index (χ2n) is 5.95. The number of H-pyrrole nitrogens is 1. The Hall–Kier alpha value is -2.67. The molecule has 1 atom stereocenters. The highest BCUT2D eigenvalue weighted by Gasteiger charge is 2.18. The molecule has 0 radical (unpaired) electrons. The fourth-order valence-corrected chi connectivity index (χ4v) is 3.11. The molecule has 7 nitrogen and oxygen atoms in total. The lowest BCUT2D eigenvalue weighted by Gasteiger charge is -2.30. The van der Waals surface area contributed by atoms with Crippen molar-refractivity contribution in [2.75, 3.05) is 25.0 Å². The van der Waals surface area contributed by atoms with Crippen LogP contribution in [0.5, 0.6) is 0 Å². The molecule has 3 rings (SSSR count). The van der Waals surface area contributed by atoms with Crippen molar-refractivity contribution in [3.8, 4) is 0 Å². The summed E-state index contributed by atoms with van der Waals surface area (Å²) in [4.78, 5) is 21.8. The van der Waals surface area contributed by atoms with Gasteiger partial charge in [0.25, 0.3) is 5.56 Å². The number of anilines is 1. The highest BCUT2D eigenvalue weighted by Crippen LogP contribution is 2.20. The lowest BCUT2D eigenvalue weighted by Crippen LogP contribution is -2.33. The molecule has 0 aliphatic heterocycles. The number of hydrogen-bond donors (Lipinski definition) is 2. The van der Waals surface area contributed by atoms with E-state index >= 15 is 0 Å². The number of hydrogen-bond acceptors (Lipinski definition) is 5. The number of fused-ring (bicyclic) bond motifs is 1. The van der Waals surface area contributed by atoms with Crippen LogP contribution in [0.1, 0.15) is 25.5 Å². The Bertz CT molecular complexity index is 881. The molecule has 0 amide bonds. The van der Waals surface area contributed by atoms with Crippen molar-refractivity contribution in [3.63, 3.8) is 0 Å². The van der Waals surface area contributed by atoms with Gasteiger partial charge in [0, 0.05) is 13.6 Å². The number of aromatic nitrogens is 4. The number of nitrogens with zero attached hydrogens (tertiary/aromatic N) is 4. The Morgan fingerprint density at radius 3 is 2.64 bits per heavy atom. The van der Waals surface area contributed by atoms with Crippen molar-refractivity contribution in [1.82, 2.24) is 24.6 Å². The molecule has 3 aromatic rings. The smallest absolute Gasteiger partial charge is 0.263 e. The molecule has 0 aliphatic rings. The van der Waals surface area contributed by atoms with Gasteiger partial charge in [-0.05, 0) is 18.7 Å². The van der Waals surface area contributed by atoms with Gasteiger partial charge in [-0.2, -0.15) is 10.1 Å². The summed E-state index contributed by atoms with van der Waals surface area (Å²) in [6.07, 6.45) is 1.54. The third-order valence-corrected chi connectivity index (χ3v) is 4.50. The van der Waals surface area contributed by atoms with Crippen LogP contribution in [0.3, 0.4) is 0 Å². The van der Waals surface area contributed by atoms with Gasteiger partial charge in [-0.1, -0.05) is 44.2 Å². The van der Waals surface area contributed by atoms with Gasteiger partial charge in [-0.15, -0.1) is 0 Å². The molecule has 1 aromatic carbocycles. The normalized spacial score (nSPS) is 12.6. The van der Waals surface area contributed by atoms with Crippen LogP contribution in [0.4, 0.5) is 5.95 Å². The number of likely N-dealkylation sites (N-methyl/N-ethyl adjacent to an activating group) is 1. The summed E-state index contributed by atoms with van der Waals surface area (Å²) in [5.41, 5.74) is 1.63. The number of nitrogens with one attached hydrogen (secondary N) is 2. The van der Waals surface area contributed by atoms with Gasteiger partial charge < -0.3 is 5.32 Å². The summed E-state index contributed by atoms with van der Waals surface area (Å²) in [5, 5.41) is 7.88. The monoisotopic (exact) mass is 340 g/mol. The Balaban J connectivity index is 1.86. The van der Waals surface area contributed by atoms with Crippen molar-refractivity contribution in [3.05, 3.63) is 52.4 Å². The first-order valence-electron chi connectivity index (χ1n) is 8.59. The maximum absolute atomic E-state index is 12.2. The Morgan fingerprint density at radius 1 is 1.24 bits per heavy atom. The predicted octanol–water partition coefficient (Wildman–Crippen LogP) is 2.15. The van der Waals surface area contributed by atoms with Gasteiger partial charge in [0.2, 0.25) is 5.95 Å². The molecule has 0 saturated heterocycles. The van der Waals surface area contributed by atoms with Crippen LogP contribution in [0.15, 0.2) is 41.3 Å². The second-order valence-corrected chi connectivity index (χ2v) is 5.95. The van der Waals surface area contributed by atoms with Gasteiger partial charge in [0.15, 0.2) is 5.65 Å². The summed E-state index contributed by atoms with van der Waals surface area (Å²) in [7, 11) is 1.78. The molecule has 25 heavy (non-hydrogen) atoms. The molecular weight excluding hydrogens is 316 g/mol. The third kappa shape index (κ3) is 3.56. The van der Waals surface area contributed by atoms with E-state index in [1.54, 1.807) is 11.7 Å². The molecule has 0 saturated carbocycles. The highest BCUT2D eigenvalue weighted by atomic mass is 16.1. The summed E-state index contributed by atoms with van der Waals surface area (Å²) in [6, 6.07) is 10.6. The minimum absolute atomic E-state index is 0.181. The van der Waals surface area contributed by atoms with E-state index in [2.05, 4.69) is 51.3 Å². The Labute approximate surface area is 146 Å². The summed E-state index contributed by atoms with van der Waals surface area (Å²) in [5.74, 6) is 0.467. The second kappa shape index (κ2) is 7.48. The summed E-state index contributed by atoms with van der Waals surface area (Å²) in [6.45, 7) is 6.85. The average molecular weight is 340 g/mol. The molecule has 0 spiro atoms. The van der Waals surface area contributed by atoms with Crippen LogP contribution < -0.4 is 10.9 Å². The van der Waals surface area contributed by atoms with Crippen LogP contribution in [0, 0.1) is 0 Å². The van der Waals surface area contributed by atoms with Gasteiger partial charge in [-0.25, -0.2) is 0 Å². The molecule has 132 valence electrons. The number of benzene rings is 1. The van der Waals surface area contributed by atoms with E-state index in [9.17, 15) is 4.79 Å². The zero-order chi connectivity index (χ0) is 17.8. The molecule has 2 N–H and O–H groups in total. The summed E-state index contributed by atoms with van der Waals surface area (Å²) >= 11 is 0. The molecule has 0 aliphatic carbocycles. The van der Waals surface area contributed by atoms with E-state index in [1.807, 2.05) is 18.2 Å². The van der Waals surface area contributed by atoms with Crippen LogP contribution in [-0.2, 0) is 7.05 Å². The quantitative estimate of drug-likeness (QED) is 0.689. The number of rotatable bonds is 7. The molecule has 0 unspecified atom stereocenters. The average Bonchev–Trinajstić information content (AvgIpc) is 3.01. The Kier molecular flexibility index (Phi) is 5.14. The zero-order valence-electron chi connectivity index (χ0n) is 14.9. The van der Waals surface area contributed by atoms with E-state index in [-0.39, 0.29) is 11.6 Å². The van der Waals surface area contributed by atoms with E-state index in [4.69, 9.17) is 0 Å². The van der Waals surface area contributed by atoms with Crippen molar-refractivity contribution in [2.45, 2.75) is 19.9 Å². The van der Waals surface area contributed by atoms with Gasteiger partial charge in [-0.3, -0.25) is 19.4 Å². The van der Waals surface area contributed by atoms with E-state index in [1.165, 1.54) is 11.8 Å². The number of aromatic amines is 1. The molecule has 0 bridgehead atoms. The van der Waals surface area contributed by atoms with Gasteiger partial charge in [0.1, 0.15) is 5.39 Å². The van der Waals surface area contributed by atoms with E-state index in [0.29, 0.717) is 23.5 Å². The minimum Gasteiger partial charge on any atom is -0.354 e. The first-order valence-corrected chi connectivity index (χ1v) is 8.59. The lowest BCUT2D eigenvalue weighted by atomic mass is 10.1. The van der Waals surface area contributed by atoms with Crippen molar-refractivity contribution >= 4 is 17.0 Å². The maximum Gasteiger partial charge on any atom is 0.263 e. The fourth-order valence-electron chi connectivity index (χ4n) is 3.11. The van der Waals surface area contributed by atoms with E-state index in [0.717, 1.165) is 13.1 Å². The fraction of sp³-hybridized carbons (Fsp3) is 0.389. The molecular formula is C18H24N6O. The maximum atomic E-state index is 12.2. The van der Waals surface area contributed by atoms with Crippen LogP contribution >= 0.6 is 0 Å². The van der Waals surface area contributed by atoms with Crippen molar-refractivity contribution in [2.24, 2.45) is 7.05 Å². The van der Waals surface area contributed by atoms with Gasteiger partial charge >= 0.3 is 0 Å². The Morgan fingerprint density at radius 2 is 1.96 bits per heavy atom. The molecule has 2 heterocycles. The van der Waals surface area contributed by atoms with Crippen molar-refractivity contribution < 1.29 is 0 Å². The molecule has 7 heteroatoms. The highest BCUT2D eigenvalue weighted by molar-refractivity contribution is 5.74. The topological polar surface area (TPSA) is 78.8 Å². The van der Waals surface area contributed by atoms with E-state index < -0.39 is 0 Å². The molecule has 0 fully saturated rings. The zero-order valence-corrected chi connectivity index (χ0v) is 14.9. The molecule has 2 aromatic heterocycles. The van der Waals surface area contributed by atoms with Crippen LogP contribution in [0.2, 0.25) is 0 Å². The first kappa shape index (κ1) is 17.2. The van der Waals surface area contributed by atoms with Crippen molar-refractivity contribution in [1.29, 1.82) is 0 Å². The largest absolute Gasteiger partial charge is 0.354 e. The first-order chi connectivity index (χ1) is 12.1. The number of aryl methyl sites for hydroxylation is 1. The minimum atomic E-state index is -0.181. The standard InChI is InChI=1S/C18H24N6O/c1-4-24(5-2)15(13-9-7-6-8-10-13)12-19-18-21-16-14(17(25)22-18)11-20-23(16)3/h6-11,15H,4-5,12H2,1-3H3,(H2,19,21,22,25)/t15-/m0/s1. The SMILES string of the molecule is CCN(CC)[C@@H](CNc1nc2c(cnn2C)c(=O)[nH]1)c1ccccc1. The lowest BCUT2D eigenvalue weighted by molar-refractivity contribution is 0.228. The summed E-state index contributed by atoms with van der Waals surface area (Å²) < 4.78 is 1.61. The third-order valence-electron chi connectivity index (χ3n) is 4.50. The van der Waals surface area contributed by atoms with Gasteiger partial charge in [0.05, 0.1) is 12.2 Å². The predicted molar refractivity (Wildman–Crippen MR) is 99.7 cm³/mol.